The highest BCUT2D eigenvalue weighted by atomic mass is 35.5. The number of carbonyl (C=O) groups excluding carboxylic acids is 1. The Morgan fingerprint density at radius 3 is 2.40 bits per heavy atom. The van der Waals surface area contributed by atoms with Gasteiger partial charge in [-0.2, -0.15) is 0 Å². The fourth-order valence-electron chi connectivity index (χ4n) is 1.60. The summed E-state index contributed by atoms with van der Waals surface area (Å²) in [5.74, 6) is 1.03. The Morgan fingerprint density at radius 1 is 1.33 bits per heavy atom. The van der Waals surface area contributed by atoms with Crippen LogP contribution in [-0.2, 0) is 4.79 Å². The zero-order valence-electron chi connectivity index (χ0n) is 8.79. The zero-order chi connectivity index (χ0) is 11.1. The van der Waals surface area contributed by atoms with E-state index in [4.69, 9.17) is 16.3 Å². The van der Waals surface area contributed by atoms with Crippen LogP contribution in [0, 0.1) is 5.41 Å². The van der Waals surface area contributed by atoms with Crippen LogP contribution in [-0.4, -0.2) is 11.9 Å². The van der Waals surface area contributed by atoms with Gasteiger partial charge in [0.1, 0.15) is 17.6 Å². The average Bonchev–Trinajstić information content (AvgIpc) is 2.21. The highest BCUT2D eigenvalue weighted by Crippen LogP contribution is 2.39. The van der Waals surface area contributed by atoms with Crippen LogP contribution < -0.4 is 4.74 Å². The van der Waals surface area contributed by atoms with E-state index >= 15 is 0 Å². The van der Waals surface area contributed by atoms with E-state index in [-0.39, 0.29) is 17.3 Å². The van der Waals surface area contributed by atoms with Crippen molar-refractivity contribution in [3.63, 3.8) is 0 Å². The molecule has 1 aromatic carbocycles. The molecule has 1 aliphatic carbocycles. The molecule has 0 N–H and O–H groups in total. The fourth-order valence-corrected chi connectivity index (χ4v) is 1.73. The van der Waals surface area contributed by atoms with Crippen molar-refractivity contribution in [1.29, 1.82) is 0 Å². The van der Waals surface area contributed by atoms with Gasteiger partial charge in [0.2, 0.25) is 0 Å². The molecule has 1 aliphatic rings. The van der Waals surface area contributed by atoms with Crippen LogP contribution in [0.1, 0.15) is 20.3 Å². The topological polar surface area (TPSA) is 26.3 Å². The normalized spacial score (nSPS) is 23.4. The second kappa shape index (κ2) is 3.53. The van der Waals surface area contributed by atoms with Gasteiger partial charge in [-0.05, 0) is 38.1 Å². The van der Waals surface area contributed by atoms with Crippen LogP contribution in [0.25, 0.3) is 0 Å². The Bertz CT molecular complexity index is 381. The van der Waals surface area contributed by atoms with E-state index in [2.05, 4.69) is 0 Å². The van der Waals surface area contributed by atoms with Gasteiger partial charge in [-0.15, -0.1) is 0 Å². The van der Waals surface area contributed by atoms with Crippen molar-refractivity contribution in [3.8, 4) is 5.75 Å². The third-order valence-electron chi connectivity index (χ3n) is 2.99. The molecule has 0 bridgehead atoms. The monoisotopic (exact) mass is 224 g/mol. The first-order valence-corrected chi connectivity index (χ1v) is 5.33. The third-order valence-corrected chi connectivity index (χ3v) is 3.24. The number of ketones is 1. The number of carbonyl (C=O) groups is 1. The maximum absolute atomic E-state index is 11.3. The molecule has 2 nitrogen and oxygen atoms in total. The molecular formula is C12H13ClO2. The highest BCUT2D eigenvalue weighted by Gasteiger charge is 2.49. The lowest BCUT2D eigenvalue weighted by Gasteiger charge is -2.41. The van der Waals surface area contributed by atoms with Crippen molar-refractivity contribution in [2.24, 2.45) is 5.41 Å². The molecule has 1 aromatic rings. The number of hydrogen-bond acceptors (Lipinski definition) is 2. The van der Waals surface area contributed by atoms with Crippen LogP contribution in [0.5, 0.6) is 5.75 Å². The summed E-state index contributed by atoms with van der Waals surface area (Å²) in [5, 5.41) is 0.686. The minimum Gasteiger partial charge on any atom is -0.489 e. The van der Waals surface area contributed by atoms with Crippen molar-refractivity contribution in [1.82, 2.24) is 0 Å². The van der Waals surface area contributed by atoms with Crippen LogP contribution in [0.2, 0.25) is 5.02 Å². The van der Waals surface area contributed by atoms with Gasteiger partial charge >= 0.3 is 0 Å². The van der Waals surface area contributed by atoms with Gasteiger partial charge in [-0.3, -0.25) is 4.79 Å². The lowest BCUT2D eigenvalue weighted by atomic mass is 9.68. The molecule has 0 saturated heterocycles. The van der Waals surface area contributed by atoms with E-state index in [1.165, 1.54) is 0 Å². The molecule has 1 saturated carbocycles. The first-order chi connectivity index (χ1) is 7.00. The van der Waals surface area contributed by atoms with Gasteiger partial charge in [0, 0.05) is 11.4 Å². The molecule has 1 atom stereocenters. The molecule has 3 heteroatoms. The smallest absolute Gasteiger partial charge is 0.145 e. The maximum atomic E-state index is 11.3. The van der Waals surface area contributed by atoms with Crippen LogP contribution in [0.3, 0.4) is 0 Å². The van der Waals surface area contributed by atoms with Gasteiger partial charge in [-0.1, -0.05) is 11.6 Å². The van der Waals surface area contributed by atoms with Gasteiger partial charge < -0.3 is 4.74 Å². The number of rotatable bonds is 2. The molecular weight excluding hydrogens is 212 g/mol. The Kier molecular flexibility index (Phi) is 2.47. The molecule has 0 heterocycles. The van der Waals surface area contributed by atoms with E-state index in [0.29, 0.717) is 11.4 Å². The third kappa shape index (κ3) is 1.86. The van der Waals surface area contributed by atoms with Crippen molar-refractivity contribution in [2.45, 2.75) is 26.4 Å². The first-order valence-electron chi connectivity index (χ1n) is 4.95. The molecule has 0 spiro atoms. The summed E-state index contributed by atoms with van der Waals surface area (Å²) < 4.78 is 5.71. The van der Waals surface area contributed by atoms with Gasteiger partial charge in [0.05, 0.1) is 5.41 Å². The lowest BCUT2D eigenvalue weighted by molar-refractivity contribution is -0.148. The van der Waals surface area contributed by atoms with E-state index in [1.54, 1.807) is 12.1 Å². The quantitative estimate of drug-likeness (QED) is 0.772. The second-order valence-electron chi connectivity index (χ2n) is 4.41. The van der Waals surface area contributed by atoms with Crippen molar-refractivity contribution in [2.75, 3.05) is 0 Å². The Balaban J connectivity index is 2.05. The van der Waals surface area contributed by atoms with E-state index in [1.807, 2.05) is 26.0 Å². The van der Waals surface area contributed by atoms with E-state index in [9.17, 15) is 4.79 Å². The Labute approximate surface area is 94.2 Å². The number of Topliss-reactive ketones (excluding diaryl/α,β-unsaturated/α-hetero) is 1. The predicted octanol–water partition coefficient (Wildman–Crippen LogP) is 3.09. The number of halogens is 1. The minimum atomic E-state index is -0.348. The second-order valence-corrected chi connectivity index (χ2v) is 4.85. The molecule has 15 heavy (non-hydrogen) atoms. The fraction of sp³-hybridized carbons (Fsp3) is 0.417. The van der Waals surface area contributed by atoms with Crippen LogP contribution in [0.4, 0.5) is 0 Å². The zero-order valence-corrected chi connectivity index (χ0v) is 9.54. The molecule has 0 amide bonds. The summed E-state index contributed by atoms with van der Waals surface area (Å²) in [7, 11) is 0. The van der Waals surface area contributed by atoms with Crippen molar-refractivity contribution >= 4 is 17.4 Å². The summed E-state index contributed by atoms with van der Waals surface area (Å²) in [4.78, 5) is 11.3. The largest absolute Gasteiger partial charge is 0.489 e. The maximum Gasteiger partial charge on any atom is 0.145 e. The Hall–Kier alpha value is -1.02. The Morgan fingerprint density at radius 2 is 1.93 bits per heavy atom. The summed E-state index contributed by atoms with van der Waals surface area (Å²) in [6.07, 6.45) is 0.501. The molecule has 0 radical (unpaired) electrons. The highest BCUT2D eigenvalue weighted by molar-refractivity contribution is 6.30. The number of ether oxygens (including phenoxy) is 1. The summed E-state index contributed by atoms with van der Waals surface area (Å²) >= 11 is 5.77. The first kappa shape index (κ1) is 10.5. The number of hydrogen-bond donors (Lipinski definition) is 0. The minimum absolute atomic E-state index is 0.00817. The van der Waals surface area contributed by atoms with Gasteiger partial charge in [-0.25, -0.2) is 0 Å². The molecule has 0 aliphatic heterocycles. The van der Waals surface area contributed by atoms with Crippen LogP contribution >= 0.6 is 11.6 Å². The molecule has 2 rings (SSSR count). The summed E-state index contributed by atoms with van der Waals surface area (Å²) in [6, 6.07) is 7.21. The summed E-state index contributed by atoms with van der Waals surface area (Å²) in [5.41, 5.74) is -0.348. The SMILES string of the molecule is CC1(C)C(=O)CC1Oc1ccc(Cl)cc1. The van der Waals surface area contributed by atoms with Gasteiger partial charge in [0.15, 0.2) is 0 Å². The molecule has 80 valence electrons. The van der Waals surface area contributed by atoms with E-state index < -0.39 is 0 Å². The molecule has 1 unspecified atom stereocenters. The van der Waals surface area contributed by atoms with Gasteiger partial charge in [0.25, 0.3) is 0 Å². The predicted molar refractivity (Wildman–Crippen MR) is 59.3 cm³/mol. The van der Waals surface area contributed by atoms with Crippen LogP contribution in [0.15, 0.2) is 24.3 Å². The standard InChI is InChI=1S/C12H13ClO2/c1-12(2)10(14)7-11(12)15-9-5-3-8(13)4-6-9/h3-6,11H,7H2,1-2H3. The lowest BCUT2D eigenvalue weighted by Crippen LogP contribution is -2.52. The number of benzene rings is 1. The van der Waals surface area contributed by atoms with E-state index in [0.717, 1.165) is 5.75 Å². The average molecular weight is 225 g/mol. The molecule has 1 fully saturated rings. The summed E-state index contributed by atoms with van der Waals surface area (Å²) in [6.45, 7) is 3.83. The van der Waals surface area contributed by atoms with Crippen molar-refractivity contribution in [3.05, 3.63) is 29.3 Å². The van der Waals surface area contributed by atoms with Crippen molar-refractivity contribution < 1.29 is 9.53 Å². The molecule has 0 aromatic heterocycles.